The van der Waals surface area contributed by atoms with Crippen LogP contribution in [0.5, 0.6) is 5.75 Å². The SMILES string of the molecule is Cc1cc(N=Nc2cc3cnccc3cc2C(=O)S)cc(C)c1O. The number of hydrogen-bond donors (Lipinski definition) is 2. The van der Waals surface area contributed by atoms with Crippen LogP contribution in [-0.4, -0.2) is 15.2 Å². The van der Waals surface area contributed by atoms with E-state index in [2.05, 4.69) is 27.8 Å². The third kappa shape index (κ3) is 3.14. The molecule has 24 heavy (non-hydrogen) atoms. The van der Waals surface area contributed by atoms with Crippen LogP contribution in [0, 0.1) is 13.8 Å². The van der Waals surface area contributed by atoms with Crippen LogP contribution < -0.4 is 0 Å². The Labute approximate surface area is 144 Å². The Bertz CT molecular complexity index is 960. The van der Waals surface area contributed by atoms with Gasteiger partial charge in [0.05, 0.1) is 16.9 Å². The van der Waals surface area contributed by atoms with Crippen LogP contribution in [0.4, 0.5) is 11.4 Å². The van der Waals surface area contributed by atoms with Gasteiger partial charge in [-0.3, -0.25) is 9.78 Å². The molecule has 2 aromatic carbocycles. The summed E-state index contributed by atoms with van der Waals surface area (Å²) in [7, 11) is 0. The predicted molar refractivity (Wildman–Crippen MR) is 96.8 cm³/mol. The molecule has 1 heterocycles. The molecule has 0 spiro atoms. The highest BCUT2D eigenvalue weighted by atomic mass is 32.1. The summed E-state index contributed by atoms with van der Waals surface area (Å²) in [5.74, 6) is 0.247. The molecule has 0 atom stereocenters. The second-order valence-electron chi connectivity index (χ2n) is 5.53. The summed E-state index contributed by atoms with van der Waals surface area (Å²) in [6.07, 6.45) is 3.37. The van der Waals surface area contributed by atoms with E-state index in [4.69, 9.17) is 0 Å². The number of rotatable bonds is 3. The van der Waals surface area contributed by atoms with E-state index in [1.54, 1.807) is 50.5 Å². The first-order valence-electron chi connectivity index (χ1n) is 7.29. The molecule has 0 aliphatic rings. The van der Waals surface area contributed by atoms with Crippen LogP contribution >= 0.6 is 12.6 Å². The van der Waals surface area contributed by atoms with Gasteiger partial charge >= 0.3 is 0 Å². The fourth-order valence-corrected chi connectivity index (χ4v) is 2.66. The van der Waals surface area contributed by atoms with Crippen LogP contribution in [0.25, 0.3) is 10.8 Å². The summed E-state index contributed by atoms with van der Waals surface area (Å²) >= 11 is 3.92. The largest absolute Gasteiger partial charge is 0.507 e. The number of pyridine rings is 1. The zero-order chi connectivity index (χ0) is 17.3. The first-order chi connectivity index (χ1) is 11.5. The molecule has 0 radical (unpaired) electrons. The van der Waals surface area contributed by atoms with E-state index < -0.39 is 0 Å². The third-order valence-electron chi connectivity index (χ3n) is 3.73. The molecule has 0 saturated heterocycles. The Balaban J connectivity index is 2.08. The fourth-order valence-electron chi connectivity index (χ4n) is 2.48. The van der Waals surface area contributed by atoms with Gasteiger partial charge in [0.25, 0.3) is 0 Å². The molecule has 3 aromatic rings. The van der Waals surface area contributed by atoms with Gasteiger partial charge in [-0.25, -0.2) is 0 Å². The van der Waals surface area contributed by atoms with Crippen molar-refractivity contribution in [2.24, 2.45) is 10.2 Å². The zero-order valence-electron chi connectivity index (χ0n) is 13.2. The maximum Gasteiger partial charge on any atom is 0.218 e. The Morgan fingerprint density at radius 1 is 1.08 bits per heavy atom. The Hall–Kier alpha value is -2.73. The number of benzene rings is 2. The van der Waals surface area contributed by atoms with Gasteiger partial charge in [0.15, 0.2) is 0 Å². The highest BCUT2D eigenvalue weighted by Gasteiger charge is 2.10. The Morgan fingerprint density at radius 3 is 2.46 bits per heavy atom. The number of aromatic nitrogens is 1. The molecule has 0 amide bonds. The molecule has 1 N–H and O–H groups in total. The number of fused-ring (bicyclic) bond motifs is 1. The Morgan fingerprint density at radius 2 is 1.79 bits per heavy atom. The quantitative estimate of drug-likeness (QED) is 0.519. The average molecular weight is 337 g/mol. The van der Waals surface area contributed by atoms with E-state index in [1.807, 2.05) is 6.07 Å². The molecule has 5 nitrogen and oxygen atoms in total. The smallest absolute Gasteiger partial charge is 0.218 e. The number of carbonyl (C=O) groups is 1. The number of phenols is 1. The molecule has 0 unspecified atom stereocenters. The summed E-state index contributed by atoms with van der Waals surface area (Å²) in [6, 6.07) is 8.78. The van der Waals surface area contributed by atoms with Crippen molar-refractivity contribution in [1.82, 2.24) is 4.98 Å². The first-order valence-corrected chi connectivity index (χ1v) is 7.73. The topological polar surface area (TPSA) is 74.9 Å². The van der Waals surface area contributed by atoms with E-state index in [9.17, 15) is 9.90 Å². The fraction of sp³-hybridized carbons (Fsp3) is 0.111. The van der Waals surface area contributed by atoms with Gasteiger partial charge in [-0.1, -0.05) is 0 Å². The minimum atomic E-state index is -0.374. The molecular weight excluding hydrogens is 322 g/mol. The molecule has 6 heteroatoms. The number of phenolic OH excluding ortho intramolecular Hbond substituents is 1. The molecule has 120 valence electrons. The lowest BCUT2D eigenvalue weighted by molar-refractivity contribution is 0.109. The van der Waals surface area contributed by atoms with Crippen LogP contribution in [0.2, 0.25) is 0 Å². The summed E-state index contributed by atoms with van der Waals surface area (Å²) in [4.78, 5) is 15.9. The van der Waals surface area contributed by atoms with Crippen molar-refractivity contribution >= 4 is 39.9 Å². The van der Waals surface area contributed by atoms with Crippen LogP contribution in [0.3, 0.4) is 0 Å². The standard InChI is InChI=1S/C18H15N3O2S/c1-10-5-14(6-11(2)17(10)22)20-21-16-8-13-9-19-4-3-12(13)7-15(16)18(23)24/h3-9,22H,1-2H3,(H,23,24). The van der Waals surface area contributed by atoms with Crippen molar-refractivity contribution < 1.29 is 9.90 Å². The molecular formula is C18H15N3O2S. The zero-order valence-corrected chi connectivity index (χ0v) is 14.1. The van der Waals surface area contributed by atoms with Gasteiger partial charge in [0.2, 0.25) is 5.12 Å². The van der Waals surface area contributed by atoms with E-state index in [0.29, 0.717) is 16.9 Å². The minimum absolute atomic E-state index is 0.247. The maximum atomic E-state index is 11.8. The van der Waals surface area contributed by atoms with Crippen molar-refractivity contribution in [1.29, 1.82) is 0 Å². The molecule has 0 bridgehead atoms. The van der Waals surface area contributed by atoms with E-state index in [-0.39, 0.29) is 10.9 Å². The number of thiol groups is 1. The summed E-state index contributed by atoms with van der Waals surface area (Å²) < 4.78 is 0. The third-order valence-corrected chi connectivity index (χ3v) is 3.98. The van der Waals surface area contributed by atoms with E-state index in [1.165, 1.54) is 0 Å². The number of aryl methyl sites for hydroxylation is 2. The molecule has 0 aliphatic heterocycles. The van der Waals surface area contributed by atoms with Crippen LogP contribution in [0.1, 0.15) is 21.5 Å². The van der Waals surface area contributed by atoms with Gasteiger partial charge in [-0.05, 0) is 60.7 Å². The average Bonchev–Trinajstić information content (AvgIpc) is 2.56. The summed E-state index contributed by atoms with van der Waals surface area (Å²) in [5, 5.41) is 19.6. The van der Waals surface area contributed by atoms with Gasteiger partial charge in [-0.2, -0.15) is 5.11 Å². The highest BCUT2D eigenvalue weighted by Crippen LogP contribution is 2.31. The number of carbonyl (C=O) groups excluding carboxylic acids is 1. The summed E-state index contributed by atoms with van der Waals surface area (Å²) in [5.41, 5.74) is 2.85. The normalized spacial score (nSPS) is 11.3. The van der Waals surface area contributed by atoms with Crippen molar-refractivity contribution in [2.45, 2.75) is 13.8 Å². The van der Waals surface area contributed by atoms with Gasteiger partial charge in [0.1, 0.15) is 5.75 Å². The lowest BCUT2D eigenvalue weighted by Crippen LogP contribution is -1.90. The second-order valence-corrected chi connectivity index (χ2v) is 5.93. The van der Waals surface area contributed by atoms with Crippen LogP contribution in [0.15, 0.2) is 53.0 Å². The lowest BCUT2D eigenvalue weighted by Gasteiger charge is -2.05. The molecule has 0 fully saturated rings. The maximum absolute atomic E-state index is 11.8. The lowest BCUT2D eigenvalue weighted by atomic mass is 10.1. The molecule has 0 aliphatic carbocycles. The van der Waals surface area contributed by atoms with Crippen molar-refractivity contribution in [2.75, 3.05) is 0 Å². The van der Waals surface area contributed by atoms with Gasteiger partial charge < -0.3 is 5.11 Å². The van der Waals surface area contributed by atoms with Crippen molar-refractivity contribution in [3.8, 4) is 5.75 Å². The minimum Gasteiger partial charge on any atom is -0.507 e. The number of aromatic hydroxyl groups is 1. The molecule has 1 aromatic heterocycles. The van der Waals surface area contributed by atoms with Crippen molar-refractivity contribution in [3.63, 3.8) is 0 Å². The van der Waals surface area contributed by atoms with Crippen LogP contribution in [-0.2, 0) is 0 Å². The number of hydrogen-bond acceptors (Lipinski definition) is 5. The number of azo groups is 1. The van der Waals surface area contributed by atoms with E-state index in [0.717, 1.165) is 21.9 Å². The highest BCUT2D eigenvalue weighted by molar-refractivity contribution is 7.97. The van der Waals surface area contributed by atoms with Crippen molar-refractivity contribution in [3.05, 3.63) is 59.4 Å². The number of nitrogens with zero attached hydrogens (tertiary/aromatic N) is 3. The summed E-state index contributed by atoms with van der Waals surface area (Å²) in [6.45, 7) is 3.59. The van der Waals surface area contributed by atoms with Gasteiger partial charge in [0, 0.05) is 17.8 Å². The first kappa shape index (κ1) is 16.1. The van der Waals surface area contributed by atoms with Gasteiger partial charge in [-0.15, -0.1) is 17.7 Å². The predicted octanol–water partition coefficient (Wildman–Crippen LogP) is 5.04. The van der Waals surface area contributed by atoms with E-state index >= 15 is 0 Å². The second kappa shape index (κ2) is 6.41. The Kier molecular flexibility index (Phi) is 4.31. The molecule has 0 saturated carbocycles. The monoisotopic (exact) mass is 337 g/mol. The molecule has 3 rings (SSSR count).